The highest BCUT2D eigenvalue weighted by Crippen LogP contribution is 2.62. The molecule has 2 atom stereocenters. The monoisotopic (exact) mass is 1040 g/mol. The molecule has 6 aliphatic rings. The van der Waals surface area contributed by atoms with E-state index in [1.165, 1.54) is 155 Å². The molecule has 0 amide bonds. The number of benzene rings is 7. The lowest BCUT2D eigenvalue weighted by atomic mass is 9.33. The van der Waals surface area contributed by atoms with Crippen LogP contribution in [0, 0.1) is 13.8 Å². The lowest BCUT2D eigenvalue weighted by Gasteiger charge is -2.51. The Balaban J connectivity index is 1.14. The van der Waals surface area contributed by atoms with E-state index in [-0.39, 0.29) is 50.2 Å². The van der Waals surface area contributed by atoms with E-state index in [1.807, 2.05) is 0 Å². The molecule has 3 nitrogen and oxygen atoms in total. The minimum Gasteiger partial charge on any atom is -0.334 e. The lowest BCUT2D eigenvalue weighted by molar-refractivity contribution is 0.195. The Hall–Kier alpha value is -6.00. The van der Waals surface area contributed by atoms with Crippen LogP contribution in [-0.4, -0.2) is 12.3 Å². The van der Waals surface area contributed by atoms with Crippen LogP contribution in [0.4, 0.5) is 45.5 Å². The summed E-state index contributed by atoms with van der Waals surface area (Å²) in [5.41, 5.74) is 30.2. The van der Waals surface area contributed by atoms with Gasteiger partial charge in [0.1, 0.15) is 0 Å². The first-order chi connectivity index (χ1) is 36.9. The average molecular weight is 1040 g/mol. The summed E-state index contributed by atoms with van der Waals surface area (Å²) in [6.45, 7) is 44.0. The molecule has 0 bridgehead atoms. The zero-order valence-corrected chi connectivity index (χ0v) is 51.4. The first-order valence-corrected chi connectivity index (χ1v) is 30.3. The van der Waals surface area contributed by atoms with Crippen LogP contribution in [-0.2, 0) is 37.9 Å². The molecule has 7 aromatic carbocycles. The van der Waals surface area contributed by atoms with Gasteiger partial charge in [-0.25, -0.2) is 0 Å². The fourth-order valence-electron chi connectivity index (χ4n) is 16.8. The molecule has 7 aromatic rings. The maximum absolute atomic E-state index is 2.82. The molecule has 0 radical (unpaired) electrons. The van der Waals surface area contributed by atoms with Crippen molar-refractivity contribution < 1.29 is 0 Å². The largest absolute Gasteiger partial charge is 0.334 e. The van der Waals surface area contributed by atoms with Crippen molar-refractivity contribution in [3.8, 4) is 11.1 Å². The fraction of sp³-hybridized carbons (Fsp3) is 0.440. The van der Waals surface area contributed by atoms with Gasteiger partial charge < -0.3 is 14.7 Å². The average Bonchev–Trinajstić information content (AvgIpc) is 3.94. The van der Waals surface area contributed by atoms with E-state index in [4.69, 9.17) is 0 Å². The van der Waals surface area contributed by atoms with Crippen LogP contribution in [0.15, 0.2) is 121 Å². The van der Waals surface area contributed by atoms with Gasteiger partial charge in [-0.3, -0.25) is 0 Å². The standard InChI is InChI=1S/C75H88BN3/c1-46-36-65-67-66(37-46)78(62-43-55-53(38-47(62)2)70(9,10)34-35-71(55,11)12)64-44-56-54(72(13,14)45-73(56,15)16)42-59(64)76(67)58-29-28-51(79-61-31-27-50(69(6,7)8)40-57(61)74(17)32-22-23-33-75(74,79)18)41-63(58)77(65)60-30-26-49(68(3,4)5)39-52(60)48-24-20-19-21-25-48/h19-21,24-31,36-44H,22-23,32-35,45H2,1-18H3. The van der Waals surface area contributed by atoms with Crippen LogP contribution < -0.4 is 31.1 Å². The number of aryl methyl sites for hydroxylation is 2. The summed E-state index contributed by atoms with van der Waals surface area (Å²) in [4.78, 5) is 8.30. The molecule has 3 heterocycles. The minimum absolute atomic E-state index is 0.0000322. The van der Waals surface area contributed by atoms with Crippen molar-refractivity contribution in [3.05, 3.63) is 171 Å². The summed E-state index contributed by atoms with van der Waals surface area (Å²) in [5.74, 6) is 0. The van der Waals surface area contributed by atoms with Gasteiger partial charge in [0.05, 0.1) is 11.2 Å². The quantitative estimate of drug-likeness (QED) is 0.163. The molecule has 79 heavy (non-hydrogen) atoms. The molecule has 2 unspecified atom stereocenters. The second kappa shape index (κ2) is 16.8. The third kappa shape index (κ3) is 7.56. The summed E-state index contributed by atoms with van der Waals surface area (Å²) >= 11 is 0. The summed E-state index contributed by atoms with van der Waals surface area (Å²) in [7, 11) is 0. The van der Waals surface area contributed by atoms with Crippen molar-refractivity contribution in [2.24, 2.45) is 0 Å². The van der Waals surface area contributed by atoms with Gasteiger partial charge in [-0.15, -0.1) is 0 Å². The van der Waals surface area contributed by atoms with E-state index < -0.39 is 0 Å². The first kappa shape index (κ1) is 52.4. The molecule has 0 spiro atoms. The van der Waals surface area contributed by atoms with Gasteiger partial charge in [0, 0.05) is 50.8 Å². The number of fused-ring (bicyclic) bond motifs is 9. The van der Waals surface area contributed by atoms with Crippen LogP contribution in [0.1, 0.15) is 206 Å². The zero-order chi connectivity index (χ0) is 56.1. The lowest BCUT2D eigenvalue weighted by Crippen LogP contribution is -2.61. The van der Waals surface area contributed by atoms with E-state index in [0.717, 1.165) is 12.8 Å². The Morgan fingerprint density at radius 1 is 0.430 bits per heavy atom. The Labute approximate surface area is 476 Å². The third-order valence-corrected chi connectivity index (χ3v) is 21.5. The highest BCUT2D eigenvalue weighted by atomic mass is 15.3. The summed E-state index contributed by atoms with van der Waals surface area (Å²) < 4.78 is 0. The van der Waals surface area contributed by atoms with Crippen molar-refractivity contribution in [2.45, 2.75) is 213 Å². The molecule has 3 aliphatic carbocycles. The third-order valence-electron chi connectivity index (χ3n) is 21.5. The highest BCUT2D eigenvalue weighted by Gasteiger charge is 2.58. The van der Waals surface area contributed by atoms with Crippen LogP contribution in [0.2, 0.25) is 0 Å². The molecule has 406 valence electrons. The van der Waals surface area contributed by atoms with Crippen LogP contribution in [0.25, 0.3) is 11.1 Å². The second-order valence-electron chi connectivity index (χ2n) is 30.9. The Morgan fingerprint density at radius 3 is 1.62 bits per heavy atom. The predicted molar refractivity (Wildman–Crippen MR) is 342 cm³/mol. The molecule has 0 N–H and O–H groups in total. The fourth-order valence-corrected chi connectivity index (χ4v) is 16.8. The molecule has 4 heteroatoms. The molecule has 0 saturated heterocycles. The van der Waals surface area contributed by atoms with Gasteiger partial charge in [0.2, 0.25) is 0 Å². The number of anilines is 8. The Kier molecular flexibility index (Phi) is 11.1. The van der Waals surface area contributed by atoms with Crippen molar-refractivity contribution in [1.82, 2.24) is 0 Å². The van der Waals surface area contributed by atoms with Crippen molar-refractivity contribution in [3.63, 3.8) is 0 Å². The number of hydrogen-bond donors (Lipinski definition) is 0. The molecule has 13 rings (SSSR count). The van der Waals surface area contributed by atoms with Gasteiger partial charge in [-0.2, -0.15) is 0 Å². The summed E-state index contributed by atoms with van der Waals surface area (Å²) in [6.07, 6.45) is 8.34. The molecular formula is C75H88BN3. The maximum atomic E-state index is 2.82. The molecular weight excluding hydrogens is 954 g/mol. The number of hydrogen-bond acceptors (Lipinski definition) is 3. The second-order valence-corrected chi connectivity index (χ2v) is 30.9. The summed E-state index contributed by atoms with van der Waals surface area (Å²) in [6, 6.07) is 49.6. The Bertz CT molecular complexity index is 3710. The maximum Gasteiger partial charge on any atom is 0.252 e. The van der Waals surface area contributed by atoms with E-state index >= 15 is 0 Å². The van der Waals surface area contributed by atoms with Crippen LogP contribution in [0.5, 0.6) is 0 Å². The molecule has 0 aromatic heterocycles. The normalized spacial score (nSPS) is 22.6. The van der Waals surface area contributed by atoms with Gasteiger partial charge in [0.15, 0.2) is 0 Å². The van der Waals surface area contributed by atoms with E-state index in [0.29, 0.717) is 0 Å². The zero-order valence-electron chi connectivity index (χ0n) is 51.4. The van der Waals surface area contributed by atoms with Gasteiger partial charge in [0.25, 0.3) is 6.71 Å². The van der Waals surface area contributed by atoms with E-state index in [2.05, 4.69) is 261 Å². The molecule has 3 aliphatic heterocycles. The molecule has 1 fully saturated rings. The molecule has 1 saturated carbocycles. The van der Waals surface area contributed by atoms with Gasteiger partial charge in [-0.1, -0.05) is 183 Å². The number of nitrogens with zero attached hydrogens (tertiary/aromatic N) is 3. The van der Waals surface area contributed by atoms with Crippen molar-refractivity contribution in [2.75, 3.05) is 14.7 Å². The highest BCUT2D eigenvalue weighted by molar-refractivity contribution is 7.00. The minimum atomic E-state index is -0.101. The SMILES string of the molecule is Cc1cc2c3c(c1)N(c1ccc(C(C)(C)C)cc1-c1ccccc1)c1cc(N4c5ccc(C(C)(C)C)cc5C5(C)CCCCC45C)ccc1B3c1cc3c(cc1N2c1cc2c(cc1C)C(C)(C)CCC2(C)C)C(C)(C)CC3(C)C. The van der Waals surface area contributed by atoms with Crippen molar-refractivity contribution in [1.29, 1.82) is 0 Å². The van der Waals surface area contributed by atoms with Gasteiger partial charge in [-0.05, 0) is 212 Å². The van der Waals surface area contributed by atoms with Gasteiger partial charge >= 0.3 is 0 Å². The Morgan fingerprint density at radius 2 is 0.975 bits per heavy atom. The van der Waals surface area contributed by atoms with E-state index in [1.54, 1.807) is 0 Å². The topological polar surface area (TPSA) is 9.72 Å². The van der Waals surface area contributed by atoms with Crippen LogP contribution in [0.3, 0.4) is 0 Å². The smallest absolute Gasteiger partial charge is 0.252 e. The summed E-state index contributed by atoms with van der Waals surface area (Å²) in [5, 5.41) is 0. The van der Waals surface area contributed by atoms with Crippen LogP contribution >= 0.6 is 0 Å². The van der Waals surface area contributed by atoms with Crippen molar-refractivity contribution >= 4 is 68.6 Å². The first-order valence-electron chi connectivity index (χ1n) is 30.3. The predicted octanol–water partition coefficient (Wildman–Crippen LogP) is 18.7. The van der Waals surface area contributed by atoms with E-state index in [9.17, 15) is 0 Å². The number of rotatable bonds is 4.